The van der Waals surface area contributed by atoms with Crippen molar-refractivity contribution in [1.82, 2.24) is 0 Å². The molecule has 0 bridgehead atoms. The van der Waals surface area contributed by atoms with Crippen molar-refractivity contribution in [2.24, 2.45) is 0 Å². The van der Waals surface area contributed by atoms with Gasteiger partial charge in [0, 0.05) is 11.0 Å². The molecule has 6 heteroatoms. The first-order valence-corrected chi connectivity index (χ1v) is 9.11. The van der Waals surface area contributed by atoms with Crippen molar-refractivity contribution in [2.45, 2.75) is 0 Å². The lowest BCUT2D eigenvalue weighted by Crippen LogP contribution is -2.16. The van der Waals surface area contributed by atoms with Gasteiger partial charge in [0.25, 0.3) is 5.91 Å². The summed E-state index contributed by atoms with van der Waals surface area (Å²) in [7, 11) is 1.51. The zero-order valence-corrected chi connectivity index (χ0v) is 15.5. The van der Waals surface area contributed by atoms with Gasteiger partial charge in [-0.2, -0.15) is 0 Å². The number of rotatable bonds is 6. The number of amides is 2. The molecule has 2 N–H and O–H groups in total. The van der Waals surface area contributed by atoms with Gasteiger partial charge in [0.05, 0.1) is 24.0 Å². The molecular formula is C21H18N2O3S. The highest BCUT2D eigenvalue weighted by atomic mass is 32.1. The average molecular weight is 378 g/mol. The van der Waals surface area contributed by atoms with Crippen molar-refractivity contribution in [1.29, 1.82) is 0 Å². The fourth-order valence-corrected chi connectivity index (χ4v) is 3.06. The number of carbonyl (C=O) groups excluding carboxylic acids is 2. The zero-order valence-electron chi connectivity index (χ0n) is 14.6. The van der Waals surface area contributed by atoms with Gasteiger partial charge in [-0.25, -0.2) is 0 Å². The van der Waals surface area contributed by atoms with E-state index in [0.717, 1.165) is 4.88 Å². The van der Waals surface area contributed by atoms with Gasteiger partial charge < -0.3 is 15.4 Å². The number of benzene rings is 2. The van der Waals surface area contributed by atoms with Crippen LogP contribution in [0.4, 0.5) is 11.4 Å². The highest BCUT2D eigenvalue weighted by Gasteiger charge is 2.13. The number of para-hydroxylation sites is 3. The molecule has 1 aromatic heterocycles. The van der Waals surface area contributed by atoms with Gasteiger partial charge in [0.2, 0.25) is 5.91 Å². The van der Waals surface area contributed by atoms with E-state index in [4.69, 9.17) is 4.74 Å². The summed E-state index contributed by atoms with van der Waals surface area (Å²) in [6, 6.07) is 17.8. The Bertz CT molecular complexity index is 965. The number of anilines is 2. The third-order valence-corrected chi connectivity index (χ3v) is 4.56. The fourth-order valence-electron chi connectivity index (χ4n) is 2.44. The van der Waals surface area contributed by atoms with E-state index in [2.05, 4.69) is 10.6 Å². The number of hydrogen-bond acceptors (Lipinski definition) is 4. The fraction of sp³-hybridized carbons (Fsp3) is 0.0476. The van der Waals surface area contributed by atoms with E-state index in [-0.39, 0.29) is 11.8 Å². The minimum atomic E-state index is -0.316. The molecule has 3 rings (SSSR count). The number of carbonyl (C=O) groups is 2. The standard InChI is InChI=1S/C21H18N2O3S/c1-26-19-11-5-2-8-16(19)21(25)23-18-10-4-3-9-17(18)22-20(24)13-12-15-7-6-14-27-15/h2-14H,1H3,(H,22,24)(H,23,25)/b13-12-. The summed E-state index contributed by atoms with van der Waals surface area (Å²) in [5.74, 6) is -0.110. The van der Waals surface area contributed by atoms with E-state index in [0.29, 0.717) is 22.7 Å². The summed E-state index contributed by atoms with van der Waals surface area (Å²) in [5, 5.41) is 7.56. The first kappa shape index (κ1) is 18.4. The second-order valence-electron chi connectivity index (χ2n) is 5.54. The van der Waals surface area contributed by atoms with Gasteiger partial charge in [-0.1, -0.05) is 30.3 Å². The lowest BCUT2D eigenvalue weighted by Gasteiger charge is -2.13. The highest BCUT2D eigenvalue weighted by Crippen LogP contribution is 2.24. The molecule has 2 aromatic carbocycles. The van der Waals surface area contributed by atoms with E-state index in [9.17, 15) is 9.59 Å². The smallest absolute Gasteiger partial charge is 0.259 e. The normalized spacial score (nSPS) is 10.6. The Morgan fingerprint density at radius 2 is 1.63 bits per heavy atom. The van der Waals surface area contributed by atoms with Crippen LogP contribution in [0.5, 0.6) is 5.75 Å². The molecule has 27 heavy (non-hydrogen) atoms. The molecule has 0 aliphatic carbocycles. The predicted octanol–water partition coefficient (Wildman–Crippen LogP) is 4.66. The molecule has 0 aliphatic rings. The molecule has 5 nitrogen and oxygen atoms in total. The summed E-state index contributed by atoms with van der Waals surface area (Å²) in [6.45, 7) is 0. The van der Waals surface area contributed by atoms with Crippen LogP contribution in [0.1, 0.15) is 15.2 Å². The first-order valence-electron chi connectivity index (χ1n) is 8.23. The second-order valence-corrected chi connectivity index (χ2v) is 6.52. The lowest BCUT2D eigenvalue weighted by molar-refractivity contribution is -0.111. The minimum absolute atomic E-state index is 0.276. The Morgan fingerprint density at radius 3 is 2.33 bits per heavy atom. The molecule has 0 atom stereocenters. The van der Waals surface area contributed by atoms with Gasteiger partial charge >= 0.3 is 0 Å². The Kier molecular flexibility index (Phi) is 6.02. The number of ether oxygens (including phenoxy) is 1. The lowest BCUT2D eigenvalue weighted by atomic mass is 10.1. The molecule has 0 unspecified atom stereocenters. The van der Waals surface area contributed by atoms with Crippen molar-refractivity contribution in [2.75, 3.05) is 17.7 Å². The van der Waals surface area contributed by atoms with E-state index < -0.39 is 0 Å². The summed E-state index contributed by atoms with van der Waals surface area (Å²) >= 11 is 1.55. The summed E-state index contributed by atoms with van der Waals surface area (Å²) < 4.78 is 5.23. The van der Waals surface area contributed by atoms with Gasteiger partial charge in [0.15, 0.2) is 0 Å². The third-order valence-electron chi connectivity index (χ3n) is 3.73. The molecule has 2 amide bonds. The molecule has 136 valence electrons. The van der Waals surface area contributed by atoms with Crippen molar-refractivity contribution in [3.8, 4) is 5.75 Å². The van der Waals surface area contributed by atoms with Crippen molar-refractivity contribution in [3.63, 3.8) is 0 Å². The molecule has 0 fully saturated rings. The number of thiophene rings is 1. The SMILES string of the molecule is COc1ccccc1C(=O)Nc1ccccc1NC(=O)/C=C\c1cccs1. The van der Waals surface area contributed by atoms with Crippen LogP contribution in [-0.2, 0) is 4.79 Å². The van der Waals surface area contributed by atoms with Crippen molar-refractivity contribution < 1.29 is 14.3 Å². The zero-order chi connectivity index (χ0) is 19.1. The molecule has 0 aliphatic heterocycles. The molecule has 1 heterocycles. The van der Waals surface area contributed by atoms with E-state index >= 15 is 0 Å². The molecule has 0 spiro atoms. The highest BCUT2D eigenvalue weighted by molar-refractivity contribution is 7.10. The van der Waals surface area contributed by atoms with Crippen LogP contribution in [-0.4, -0.2) is 18.9 Å². The predicted molar refractivity (Wildman–Crippen MR) is 109 cm³/mol. The van der Waals surface area contributed by atoms with Crippen LogP contribution in [0.3, 0.4) is 0 Å². The summed E-state index contributed by atoms with van der Waals surface area (Å²) in [6.07, 6.45) is 3.21. The van der Waals surface area contributed by atoms with E-state index in [1.165, 1.54) is 13.2 Å². The first-order chi connectivity index (χ1) is 13.2. The Labute approximate surface area is 161 Å². The maximum absolute atomic E-state index is 12.6. The Balaban J connectivity index is 1.74. The molecule has 0 saturated heterocycles. The van der Waals surface area contributed by atoms with Gasteiger partial charge in [0.1, 0.15) is 5.75 Å². The number of hydrogen-bond donors (Lipinski definition) is 2. The van der Waals surface area contributed by atoms with Gasteiger partial charge in [-0.3, -0.25) is 9.59 Å². The van der Waals surface area contributed by atoms with E-state index in [1.54, 1.807) is 65.9 Å². The topological polar surface area (TPSA) is 67.4 Å². The minimum Gasteiger partial charge on any atom is -0.496 e. The quantitative estimate of drug-likeness (QED) is 0.613. The van der Waals surface area contributed by atoms with Gasteiger partial charge in [-0.05, 0) is 41.8 Å². The maximum atomic E-state index is 12.6. The summed E-state index contributed by atoms with van der Waals surface area (Å²) in [4.78, 5) is 25.8. The molecule has 0 radical (unpaired) electrons. The monoisotopic (exact) mass is 378 g/mol. The number of nitrogens with one attached hydrogen (secondary N) is 2. The number of methoxy groups -OCH3 is 1. The third kappa shape index (κ3) is 4.83. The van der Waals surface area contributed by atoms with Crippen LogP contribution in [0.15, 0.2) is 72.1 Å². The molecule has 3 aromatic rings. The van der Waals surface area contributed by atoms with Crippen molar-refractivity contribution in [3.05, 3.63) is 82.6 Å². The van der Waals surface area contributed by atoms with Gasteiger partial charge in [-0.15, -0.1) is 11.3 Å². The maximum Gasteiger partial charge on any atom is 0.259 e. The Morgan fingerprint density at radius 1 is 0.926 bits per heavy atom. The molecule has 0 saturated carbocycles. The Hall–Kier alpha value is -3.38. The average Bonchev–Trinajstić information content (AvgIpc) is 3.21. The van der Waals surface area contributed by atoms with Crippen LogP contribution in [0.2, 0.25) is 0 Å². The summed E-state index contributed by atoms with van der Waals surface area (Å²) in [5.41, 5.74) is 1.44. The molecular weight excluding hydrogens is 360 g/mol. The largest absolute Gasteiger partial charge is 0.496 e. The van der Waals surface area contributed by atoms with Crippen LogP contribution >= 0.6 is 11.3 Å². The second kappa shape index (κ2) is 8.82. The van der Waals surface area contributed by atoms with Crippen LogP contribution in [0.25, 0.3) is 6.08 Å². The van der Waals surface area contributed by atoms with Crippen molar-refractivity contribution >= 4 is 40.6 Å². The van der Waals surface area contributed by atoms with Crippen LogP contribution < -0.4 is 15.4 Å². The van der Waals surface area contributed by atoms with E-state index in [1.807, 2.05) is 17.5 Å². The van der Waals surface area contributed by atoms with Crippen LogP contribution in [0, 0.1) is 0 Å².